The molecule has 0 unspecified atom stereocenters. The van der Waals surface area contributed by atoms with Crippen molar-refractivity contribution in [3.8, 4) is 50.7 Å². The zero-order chi connectivity index (χ0) is 35.6. The molecule has 0 aliphatic rings. The minimum Gasteiger partial charge on any atom is -0.311 e. The van der Waals surface area contributed by atoms with Crippen LogP contribution in [0.2, 0.25) is 0 Å². The molecule has 0 aliphatic carbocycles. The van der Waals surface area contributed by atoms with E-state index in [1.54, 1.807) is 0 Å². The Labute approximate surface area is 309 Å². The summed E-state index contributed by atoms with van der Waals surface area (Å²) < 4.78 is 2.17. The number of rotatable bonds is 8. The highest BCUT2D eigenvalue weighted by atomic mass is 15.1. The number of fused-ring (bicyclic) bond motifs is 1. The molecule has 0 atom stereocenters. The van der Waals surface area contributed by atoms with E-state index in [9.17, 15) is 0 Å². The van der Waals surface area contributed by atoms with Gasteiger partial charge in [-0.25, -0.2) is 4.98 Å². The van der Waals surface area contributed by atoms with Crippen LogP contribution in [0.1, 0.15) is 5.56 Å². The molecule has 5 heteroatoms. The van der Waals surface area contributed by atoms with Gasteiger partial charge in [0.25, 0.3) is 0 Å². The van der Waals surface area contributed by atoms with Crippen LogP contribution in [0.25, 0.3) is 61.8 Å². The van der Waals surface area contributed by atoms with Crippen LogP contribution < -0.4 is 4.90 Å². The van der Waals surface area contributed by atoms with E-state index in [1.807, 2.05) is 67.0 Å². The fraction of sp³-hybridized carbons (Fsp3) is 0.0208. The molecule has 0 amide bonds. The summed E-state index contributed by atoms with van der Waals surface area (Å²) in [6.07, 6.45) is 3.86. The Morgan fingerprint density at radius 3 is 1.57 bits per heavy atom. The van der Waals surface area contributed by atoms with Crippen molar-refractivity contribution in [2.45, 2.75) is 6.92 Å². The highest BCUT2D eigenvalue weighted by Gasteiger charge is 2.16. The summed E-state index contributed by atoms with van der Waals surface area (Å²) in [6.45, 7) is 2.11. The van der Waals surface area contributed by atoms with E-state index < -0.39 is 0 Å². The monoisotopic (exact) mass is 681 g/mol. The molecule has 9 rings (SSSR count). The minimum absolute atomic E-state index is 0.808. The van der Waals surface area contributed by atoms with Crippen molar-refractivity contribution in [3.63, 3.8) is 0 Å². The lowest BCUT2D eigenvalue weighted by Gasteiger charge is -2.25. The second-order valence-electron chi connectivity index (χ2n) is 13.0. The summed E-state index contributed by atoms with van der Waals surface area (Å²) in [5, 5.41) is 0. The van der Waals surface area contributed by atoms with Crippen LogP contribution in [0.5, 0.6) is 0 Å². The van der Waals surface area contributed by atoms with Gasteiger partial charge in [-0.2, -0.15) is 0 Å². The number of imidazole rings is 1. The van der Waals surface area contributed by atoms with E-state index in [0.717, 1.165) is 73.2 Å². The zero-order valence-electron chi connectivity index (χ0n) is 29.2. The predicted molar refractivity (Wildman–Crippen MR) is 218 cm³/mol. The van der Waals surface area contributed by atoms with Crippen molar-refractivity contribution in [1.82, 2.24) is 19.5 Å². The quantitative estimate of drug-likeness (QED) is 0.160. The third-order valence-electron chi connectivity index (χ3n) is 9.63. The largest absolute Gasteiger partial charge is 0.311 e. The van der Waals surface area contributed by atoms with Gasteiger partial charge in [-0.1, -0.05) is 103 Å². The minimum atomic E-state index is 0.808. The number of nitrogens with zero attached hydrogens (tertiary/aromatic N) is 5. The maximum Gasteiger partial charge on any atom is 0.164 e. The molecule has 0 bridgehead atoms. The topological polar surface area (TPSA) is 46.8 Å². The van der Waals surface area contributed by atoms with Gasteiger partial charge in [0.05, 0.1) is 16.7 Å². The van der Waals surface area contributed by atoms with E-state index >= 15 is 0 Å². The number of hydrogen-bond acceptors (Lipinski definition) is 4. The lowest BCUT2D eigenvalue weighted by molar-refractivity contribution is 1.08. The van der Waals surface area contributed by atoms with Crippen molar-refractivity contribution >= 4 is 28.1 Å². The van der Waals surface area contributed by atoms with Gasteiger partial charge in [0.2, 0.25) is 0 Å². The molecule has 0 N–H and O–H groups in total. The molecule has 3 aromatic heterocycles. The zero-order valence-corrected chi connectivity index (χ0v) is 29.2. The summed E-state index contributed by atoms with van der Waals surface area (Å²) in [5.74, 6) is 0.810. The van der Waals surface area contributed by atoms with E-state index in [0.29, 0.717) is 0 Å². The summed E-state index contributed by atoms with van der Waals surface area (Å²) in [7, 11) is 0. The molecular formula is C48H35N5. The molecular weight excluding hydrogens is 647 g/mol. The maximum atomic E-state index is 4.97. The van der Waals surface area contributed by atoms with Crippen molar-refractivity contribution in [1.29, 1.82) is 0 Å². The standard InChI is InChI=1S/C48H35N5/c1-34-31-39(33-50-47(34)38-27-30-45(49-32-38)48-51-44-19-11-12-20-46(44)53(48)42-17-9-4-10-18-42)37-23-21-35(22-24-37)36-25-28-43(29-26-36)52(40-13-5-2-6-14-40)41-15-7-3-8-16-41/h2-33H,1H3. The summed E-state index contributed by atoms with van der Waals surface area (Å²) in [4.78, 5) is 17.0. The summed E-state index contributed by atoms with van der Waals surface area (Å²) >= 11 is 0. The molecule has 0 spiro atoms. The molecule has 252 valence electrons. The van der Waals surface area contributed by atoms with Crippen LogP contribution in [-0.4, -0.2) is 19.5 Å². The highest BCUT2D eigenvalue weighted by Crippen LogP contribution is 2.36. The average Bonchev–Trinajstić information content (AvgIpc) is 3.62. The number of para-hydroxylation sites is 5. The summed E-state index contributed by atoms with van der Waals surface area (Å²) in [5.41, 5.74) is 14.7. The van der Waals surface area contributed by atoms with Crippen LogP contribution in [0.4, 0.5) is 17.1 Å². The number of hydrogen-bond donors (Lipinski definition) is 0. The fourth-order valence-electron chi connectivity index (χ4n) is 7.00. The van der Waals surface area contributed by atoms with E-state index in [-0.39, 0.29) is 0 Å². The first kappa shape index (κ1) is 31.8. The second-order valence-corrected chi connectivity index (χ2v) is 13.0. The smallest absolute Gasteiger partial charge is 0.164 e. The van der Waals surface area contributed by atoms with E-state index in [2.05, 4.69) is 144 Å². The Kier molecular flexibility index (Phi) is 8.35. The van der Waals surface area contributed by atoms with Gasteiger partial charge in [-0.05, 0) is 108 Å². The molecule has 3 heterocycles. The van der Waals surface area contributed by atoms with Crippen LogP contribution in [0, 0.1) is 6.92 Å². The van der Waals surface area contributed by atoms with Crippen molar-refractivity contribution in [3.05, 3.63) is 200 Å². The van der Waals surface area contributed by atoms with Crippen LogP contribution >= 0.6 is 0 Å². The Hall–Kier alpha value is -7.11. The Balaban J connectivity index is 0.947. The van der Waals surface area contributed by atoms with Crippen molar-refractivity contribution in [2.24, 2.45) is 0 Å². The lowest BCUT2D eigenvalue weighted by atomic mass is 9.99. The van der Waals surface area contributed by atoms with Gasteiger partial charge < -0.3 is 4.90 Å². The lowest BCUT2D eigenvalue weighted by Crippen LogP contribution is -2.09. The van der Waals surface area contributed by atoms with Gasteiger partial charge in [0.1, 0.15) is 5.69 Å². The Bertz CT molecular complexity index is 2590. The Morgan fingerprint density at radius 1 is 0.453 bits per heavy atom. The third kappa shape index (κ3) is 6.26. The molecule has 53 heavy (non-hydrogen) atoms. The van der Waals surface area contributed by atoms with Crippen LogP contribution in [-0.2, 0) is 0 Å². The number of anilines is 3. The molecule has 0 radical (unpaired) electrons. The molecule has 0 fully saturated rings. The van der Waals surface area contributed by atoms with Gasteiger partial charge in [-0.15, -0.1) is 0 Å². The average molecular weight is 682 g/mol. The van der Waals surface area contributed by atoms with E-state index in [1.165, 1.54) is 11.1 Å². The number of benzene rings is 6. The molecule has 5 nitrogen and oxygen atoms in total. The van der Waals surface area contributed by atoms with Crippen molar-refractivity contribution < 1.29 is 0 Å². The first-order chi connectivity index (χ1) is 26.2. The van der Waals surface area contributed by atoms with Gasteiger partial charge in [0.15, 0.2) is 5.82 Å². The van der Waals surface area contributed by atoms with Gasteiger partial charge in [0, 0.05) is 46.3 Å². The normalized spacial score (nSPS) is 11.1. The third-order valence-corrected chi connectivity index (χ3v) is 9.63. The first-order valence-electron chi connectivity index (χ1n) is 17.8. The number of aromatic nitrogens is 4. The van der Waals surface area contributed by atoms with Gasteiger partial charge >= 0.3 is 0 Å². The second kappa shape index (κ2) is 13.9. The summed E-state index contributed by atoms with van der Waals surface area (Å²) in [6, 6.07) is 63.3. The Morgan fingerprint density at radius 2 is 0.962 bits per heavy atom. The molecule has 0 saturated heterocycles. The molecule has 0 aliphatic heterocycles. The van der Waals surface area contributed by atoms with E-state index in [4.69, 9.17) is 15.0 Å². The number of aryl methyl sites for hydroxylation is 1. The van der Waals surface area contributed by atoms with Crippen LogP contribution in [0.15, 0.2) is 194 Å². The molecule has 6 aromatic carbocycles. The predicted octanol–water partition coefficient (Wildman–Crippen LogP) is 12.3. The molecule has 9 aromatic rings. The SMILES string of the molecule is Cc1cc(-c2ccc(-c3ccc(N(c4ccccc4)c4ccccc4)cc3)cc2)cnc1-c1ccc(-c2nc3ccccc3n2-c2ccccc2)nc1. The van der Waals surface area contributed by atoms with Crippen molar-refractivity contribution in [2.75, 3.05) is 4.90 Å². The number of pyridine rings is 2. The van der Waals surface area contributed by atoms with Crippen LogP contribution in [0.3, 0.4) is 0 Å². The van der Waals surface area contributed by atoms with Gasteiger partial charge in [-0.3, -0.25) is 14.5 Å². The maximum absolute atomic E-state index is 4.97. The molecule has 0 saturated carbocycles. The highest BCUT2D eigenvalue weighted by molar-refractivity contribution is 5.83. The first-order valence-corrected chi connectivity index (χ1v) is 17.8. The fourth-order valence-corrected chi connectivity index (χ4v) is 7.00.